The van der Waals surface area contributed by atoms with Crippen LogP contribution in [0.15, 0.2) is 45.5 Å². The molecule has 2 amide bonds. The molecule has 3 rings (SSSR count). The summed E-state index contributed by atoms with van der Waals surface area (Å²) in [6.07, 6.45) is 2.08. The van der Waals surface area contributed by atoms with Crippen LogP contribution in [0.3, 0.4) is 0 Å². The van der Waals surface area contributed by atoms with Gasteiger partial charge in [0.15, 0.2) is 0 Å². The SMILES string of the molecule is Cc1ccc(Br)cc1N1CC[C@H](C(=O)NCc2ccco2)C1=O. The van der Waals surface area contributed by atoms with Gasteiger partial charge in [0.05, 0.1) is 12.8 Å². The summed E-state index contributed by atoms with van der Waals surface area (Å²) in [6, 6.07) is 9.36. The van der Waals surface area contributed by atoms with E-state index in [9.17, 15) is 9.59 Å². The fourth-order valence-corrected chi connectivity index (χ4v) is 3.10. The zero-order chi connectivity index (χ0) is 16.4. The fraction of sp³-hybridized carbons (Fsp3) is 0.294. The van der Waals surface area contributed by atoms with Crippen molar-refractivity contribution in [1.29, 1.82) is 0 Å². The van der Waals surface area contributed by atoms with Crippen LogP contribution < -0.4 is 10.2 Å². The van der Waals surface area contributed by atoms with Gasteiger partial charge in [-0.3, -0.25) is 9.59 Å². The number of furan rings is 1. The predicted molar refractivity (Wildman–Crippen MR) is 89.9 cm³/mol. The highest BCUT2D eigenvalue weighted by Gasteiger charge is 2.38. The molecule has 1 aliphatic heterocycles. The number of halogens is 1. The highest BCUT2D eigenvalue weighted by Crippen LogP contribution is 2.30. The summed E-state index contributed by atoms with van der Waals surface area (Å²) in [5, 5.41) is 2.77. The number of carbonyl (C=O) groups excluding carboxylic acids is 2. The number of anilines is 1. The molecule has 1 aromatic carbocycles. The number of benzene rings is 1. The van der Waals surface area contributed by atoms with E-state index in [0.717, 1.165) is 15.7 Å². The Morgan fingerprint density at radius 3 is 3.00 bits per heavy atom. The lowest BCUT2D eigenvalue weighted by Crippen LogP contribution is -2.36. The van der Waals surface area contributed by atoms with Crippen molar-refractivity contribution in [2.24, 2.45) is 5.92 Å². The van der Waals surface area contributed by atoms with Gasteiger partial charge in [-0.05, 0) is 43.2 Å². The van der Waals surface area contributed by atoms with Gasteiger partial charge in [0.2, 0.25) is 11.8 Å². The summed E-state index contributed by atoms with van der Waals surface area (Å²) in [4.78, 5) is 26.6. The van der Waals surface area contributed by atoms with Crippen LogP contribution >= 0.6 is 15.9 Å². The molecule has 0 spiro atoms. The number of rotatable bonds is 4. The molecule has 1 saturated heterocycles. The minimum atomic E-state index is -0.636. The standard InChI is InChI=1S/C17H17BrN2O3/c1-11-4-5-12(18)9-15(11)20-7-6-14(17(20)22)16(21)19-10-13-3-2-8-23-13/h2-5,8-9,14H,6-7,10H2,1H3,(H,19,21)/t14-/m1/s1. The number of aryl methyl sites for hydroxylation is 1. The third kappa shape index (κ3) is 3.32. The van der Waals surface area contributed by atoms with Gasteiger partial charge < -0.3 is 14.6 Å². The van der Waals surface area contributed by atoms with Gasteiger partial charge in [0.1, 0.15) is 11.7 Å². The third-order valence-electron chi connectivity index (χ3n) is 4.00. The second-order valence-corrected chi connectivity index (χ2v) is 6.47. The fourth-order valence-electron chi connectivity index (χ4n) is 2.75. The van der Waals surface area contributed by atoms with Crippen molar-refractivity contribution in [2.75, 3.05) is 11.4 Å². The van der Waals surface area contributed by atoms with Crippen LogP contribution in [0.1, 0.15) is 17.7 Å². The summed E-state index contributed by atoms with van der Waals surface area (Å²) < 4.78 is 6.09. The first kappa shape index (κ1) is 15.8. The number of nitrogens with one attached hydrogen (secondary N) is 1. The molecule has 120 valence electrons. The van der Waals surface area contributed by atoms with Gasteiger partial charge in [-0.25, -0.2) is 0 Å². The maximum Gasteiger partial charge on any atom is 0.239 e. The van der Waals surface area contributed by atoms with Crippen LogP contribution in [0.4, 0.5) is 5.69 Å². The zero-order valence-corrected chi connectivity index (χ0v) is 14.3. The van der Waals surface area contributed by atoms with Crippen molar-refractivity contribution in [3.8, 4) is 0 Å². The Bertz CT molecular complexity index is 727. The number of hydrogen-bond acceptors (Lipinski definition) is 3. The highest BCUT2D eigenvalue weighted by atomic mass is 79.9. The van der Waals surface area contributed by atoms with E-state index in [1.807, 2.05) is 25.1 Å². The lowest BCUT2D eigenvalue weighted by Gasteiger charge is -2.19. The highest BCUT2D eigenvalue weighted by molar-refractivity contribution is 9.10. The molecule has 6 heteroatoms. The monoisotopic (exact) mass is 376 g/mol. The first-order valence-electron chi connectivity index (χ1n) is 7.44. The molecule has 1 atom stereocenters. The summed E-state index contributed by atoms with van der Waals surface area (Å²) in [7, 11) is 0. The van der Waals surface area contributed by atoms with Crippen molar-refractivity contribution in [3.63, 3.8) is 0 Å². The maximum absolute atomic E-state index is 12.6. The minimum absolute atomic E-state index is 0.150. The summed E-state index contributed by atoms with van der Waals surface area (Å²) in [5.74, 6) is -0.364. The number of hydrogen-bond donors (Lipinski definition) is 1. The molecule has 0 aliphatic carbocycles. The number of carbonyl (C=O) groups is 2. The van der Waals surface area contributed by atoms with Crippen molar-refractivity contribution in [3.05, 3.63) is 52.4 Å². The van der Waals surface area contributed by atoms with Gasteiger partial charge in [0.25, 0.3) is 0 Å². The minimum Gasteiger partial charge on any atom is -0.467 e. The molecule has 0 saturated carbocycles. The average Bonchev–Trinajstić information content (AvgIpc) is 3.17. The molecule has 2 heterocycles. The molecule has 1 aliphatic rings. The lowest BCUT2D eigenvalue weighted by atomic mass is 10.1. The van der Waals surface area contributed by atoms with Crippen LogP contribution in [-0.4, -0.2) is 18.4 Å². The van der Waals surface area contributed by atoms with Gasteiger partial charge >= 0.3 is 0 Å². The van der Waals surface area contributed by atoms with Crippen molar-refractivity contribution < 1.29 is 14.0 Å². The normalized spacial score (nSPS) is 17.6. The Balaban J connectivity index is 1.68. The first-order chi connectivity index (χ1) is 11.1. The molecule has 1 aromatic heterocycles. The van der Waals surface area contributed by atoms with Gasteiger partial charge in [-0.1, -0.05) is 22.0 Å². The Kier molecular flexibility index (Phi) is 4.52. The van der Waals surface area contributed by atoms with E-state index in [-0.39, 0.29) is 11.8 Å². The number of nitrogens with zero attached hydrogens (tertiary/aromatic N) is 1. The molecule has 0 unspecified atom stereocenters. The molecule has 2 aromatic rings. The molecule has 5 nitrogen and oxygen atoms in total. The Morgan fingerprint density at radius 1 is 1.43 bits per heavy atom. The Hall–Kier alpha value is -2.08. The Labute approximate surface area is 142 Å². The van der Waals surface area contributed by atoms with Crippen LogP contribution in [0, 0.1) is 12.8 Å². The van der Waals surface area contributed by atoms with Crippen molar-refractivity contribution in [1.82, 2.24) is 5.32 Å². The summed E-state index contributed by atoms with van der Waals surface area (Å²) >= 11 is 3.43. The van der Waals surface area contributed by atoms with Crippen molar-refractivity contribution >= 4 is 33.4 Å². The largest absolute Gasteiger partial charge is 0.467 e. The van der Waals surface area contributed by atoms with Crippen LogP contribution in [0.25, 0.3) is 0 Å². The van der Waals surface area contributed by atoms with E-state index >= 15 is 0 Å². The van der Waals surface area contributed by atoms with E-state index in [4.69, 9.17) is 4.42 Å². The lowest BCUT2D eigenvalue weighted by molar-refractivity contribution is -0.132. The van der Waals surface area contributed by atoms with Gasteiger partial charge in [-0.2, -0.15) is 0 Å². The van der Waals surface area contributed by atoms with Gasteiger partial charge in [0, 0.05) is 16.7 Å². The van der Waals surface area contributed by atoms with Gasteiger partial charge in [-0.15, -0.1) is 0 Å². The Morgan fingerprint density at radius 2 is 2.26 bits per heavy atom. The summed E-state index contributed by atoms with van der Waals surface area (Å²) in [6.45, 7) is 2.81. The molecular weight excluding hydrogens is 360 g/mol. The maximum atomic E-state index is 12.6. The van der Waals surface area contributed by atoms with E-state index in [0.29, 0.717) is 25.3 Å². The molecule has 1 N–H and O–H groups in total. The van der Waals surface area contributed by atoms with Crippen LogP contribution in [0.2, 0.25) is 0 Å². The predicted octanol–water partition coefficient (Wildman–Crippen LogP) is 3.02. The number of amides is 2. The van der Waals surface area contributed by atoms with Crippen LogP contribution in [0.5, 0.6) is 0 Å². The molecule has 0 bridgehead atoms. The smallest absolute Gasteiger partial charge is 0.239 e. The topological polar surface area (TPSA) is 62.6 Å². The van der Waals surface area contributed by atoms with Crippen LogP contribution in [-0.2, 0) is 16.1 Å². The zero-order valence-electron chi connectivity index (χ0n) is 12.7. The van der Waals surface area contributed by atoms with E-state index in [1.54, 1.807) is 23.3 Å². The molecule has 23 heavy (non-hydrogen) atoms. The van der Waals surface area contributed by atoms with E-state index < -0.39 is 5.92 Å². The summed E-state index contributed by atoms with van der Waals surface area (Å²) in [5.41, 5.74) is 1.86. The van der Waals surface area contributed by atoms with E-state index in [2.05, 4.69) is 21.2 Å². The second-order valence-electron chi connectivity index (χ2n) is 5.56. The molecule has 0 radical (unpaired) electrons. The quantitative estimate of drug-likeness (QED) is 0.834. The third-order valence-corrected chi connectivity index (χ3v) is 4.49. The second kappa shape index (κ2) is 6.58. The average molecular weight is 377 g/mol. The van der Waals surface area contributed by atoms with Crippen molar-refractivity contribution in [2.45, 2.75) is 19.9 Å². The molecule has 1 fully saturated rings. The molecular formula is C17H17BrN2O3. The van der Waals surface area contributed by atoms with E-state index in [1.165, 1.54) is 0 Å². The first-order valence-corrected chi connectivity index (χ1v) is 8.23.